The number of aryl methyl sites for hydroxylation is 1. The number of piperidine rings is 1. The van der Waals surface area contributed by atoms with E-state index in [-0.39, 0.29) is 11.8 Å². The Bertz CT molecular complexity index is 989. The SMILES string of the molecule is Cc1ccc(N2C(=O)C(c3ccccc3)=C(N3CC(C)CC(C)C3)C2=O)cc1Cl. The van der Waals surface area contributed by atoms with Gasteiger partial charge in [-0.2, -0.15) is 0 Å². The van der Waals surface area contributed by atoms with Crippen molar-refractivity contribution in [3.63, 3.8) is 0 Å². The third-order valence-corrected chi connectivity index (χ3v) is 6.13. The Morgan fingerprint density at radius 3 is 2.21 bits per heavy atom. The molecule has 0 saturated carbocycles. The van der Waals surface area contributed by atoms with Crippen molar-refractivity contribution in [2.75, 3.05) is 18.0 Å². The zero-order valence-corrected chi connectivity index (χ0v) is 17.7. The van der Waals surface area contributed by atoms with Crippen molar-refractivity contribution in [1.82, 2.24) is 4.90 Å². The molecule has 2 amide bonds. The number of halogens is 1. The number of hydrogen-bond acceptors (Lipinski definition) is 3. The lowest BCUT2D eigenvalue weighted by Gasteiger charge is -2.37. The van der Waals surface area contributed by atoms with Crippen LogP contribution in [-0.2, 0) is 9.59 Å². The highest BCUT2D eigenvalue weighted by atomic mass is 35.5. The largest absolute Gasteiger partial charge is 0.366 e. The van der Waals surface area contributed by atoms with Gasteiger partial charge < -0.3 is 4.90 Å². The van der Waals surface area contributed by atoms with E-state index in [1.165, 1.54) is 4.90 Å². The van der Waals surface area contributed by atoms with E-state index in [1.807, 2.05) is 43.3 Å². The predicted molar refractivity (Wildman–Crippen MR) is 117 cm³/mol. The van der Waals surface area contributed by atoms with E-state index in [4.69, 9.17) is 11.6 Å². The average molecular weight is 409 g/mol. The van der Waals surface area contributed by atoms with Crippen LogP contribution in [0.15, 0.2) is 54.2 Å². The average Bonchev–Trinajstić information content (AvgIpc) is 2.94. The Morgan fingerprint density at radius 2 is 1.59 bits per heavy atom. The molecule has 150 valence electrons. The highest BCUT2D eigenvalue weighted by molar-refractivity contribution is 6.45. The van der Waals surface area contributed by atoms with Crippen molar-refractivity contribution in [3.8, 4) is 0 Å². The van der Waals surface area contributed by atoms with Gasteiger partial charge in [-0.1, -0.05) is 61.8 Å². The summed E-state index contributed by atoms with van der Waals surface area (Å²) in [6.45, 7) is 7.85. The minimum absolute atomic E-state index is 0.268. The monoisotopic (exact) mass is 408 g/mol. The number of imide groups is 1. The molecule has 5 heteroatoms. The number of rotatable bonds is 3. The molecule has 29 heavy (non-hydrogen) atoms. The number of carbonyl (C=O) groups excluding carboxylic acids is 2. The van der Waals surface area contributed by atoms with E-state index in [0.29, 0.717) is 33.8 Å². The van der Waals surface area contributed by atoms with Crippen LogP contribution in [0.3, 0.4) is 0 Å². The molecule has 2 heterocycles. The van der Waals surface area contributed by atoms with Crippen LogP contribution in [0.5, 0.6) is 0 Å². The maximum Gasteiger partial charge on any atom is 0.282 e. The topological polar surface area (TPSA) is 40.6 Å². The lowest BCUT2D eigenvalue weighted by molar-refractivity contribution is -0.120. The van der Waals surface area contributed by atoms with Crippen molar-refractivity contribution < 1.29 is 9.59 Å². The molecule has 0 aromatic heterocycles. The molecule has 2 atom stereocenters. The second-order valence-electron chi connectivity index (χ2n) is 8.32. The van der Waals surface area contributed by atoms with E-state index in [1.54, 1.807) is 12.1 Å². The van der Waals surface area contributed by atoms with Crippen LogP contribution in [-0.4, -0.2) is 29.8 Å². The molecule has 1 saturated heterocycles. The highest BCUT2D eigenvalue weighted by Crippen LogP contribution is 2.38. The minimum atomic E-state index is -0.290. The van der Waals surface area contributed by atoms with E-state index in [2.05, 4.69) is 18.7 Å². The van der Waals surface area contributed by atoms with Gasteiger partial charge in [0.05, 0.1) is 11.3 Å². The van der Waals surface area contributed by atoms with Gasteiger partial charge in [0.15, 0.2) is 0 Å². The van der Waals surface area contributed by atoms with E-state index >= 15 is 0 Å². The number of nitrogens with zero attached hydrogens (tertiary/aromatic N) is 2. The van der Waals surface area contributed by atoms with Crippen LogP contribution in [0.4, 0.5) is 5.69 Å². The fraction of sp³-hybridized carbons (Fsp3) is 0.333. The zero-order chi connectivity index (χ0) is 20.7. The Morgan fingerprint density at radius 1 is 0.931 bits per heavy atom. The van der Waals surface area contributed by atoms with Crippen LogP contribution in [0.1, 0.15) is 31.4 Å². The summed E-state index contributed by atoms with van der Waals surface area (Å²) in [5, 5.41) is 0.540. The molecule has 4 rings (SSSR count). The quantitative estimate of drug-likeness (QED) is 0.677. The summed E-state index contributed by atoms with van der Waals surface area (Å²) in [6, 6.07) is 14.8. The molecule has 1 fully saturated rings. The lowest BCUT2D eigenvalue weighted by Crippen LogP contribution is -2.42. The summed E-state index contributed by atoms with van der Waals surface area (Å²) in [7, 11) is 0. The minimum Gasteiger partial charge on any atom is -0.366 e. The summed E-state index contributed by atoms with van der Waals surface area (Å²) in [5.74, 6) is 0.375. The molecule has 2 aliphatic rings. The Hall–Kier alpha value is -2.59. The first kappa shape index (κ1) is 19.7. The fourth-order valence-electron chi connectivity index (χ4n) is 4.48. The van der Waals surface area contributed by atoms with Gasteiger partial charge in [-0.05, 0) is 48.4 Å². The molecule has 2 aromatic rings. The summed E-state index contributed by atoms with van der Waals surface area (Å²) in [6.07, 6.45) is 1.13. The van der Waals surface area contributed by atoms with Crippen molar-refractivity contribution >= 4 is 34.7 Å². The van der Waals surface area contributed by atoms with Crippen molar-refractivity contribution in [3.05, 3.63) is 70.4 Å². The van der Waals surface area contributed by atoms with Crippen LogP contribution in [0.25, 0.3) is 5.57 Å². The number of carbonyl (C=O) groups is 2. The van der Waals surface area contributed by atoms with Gasteiger partial charge in [0, 0.05) is 18.1 Å². The number of hydrogen-bond donors (Lipinski definition) is 0. The normalized spacial score (nSPS) is 22.6. The van der Waals surface area contributed by atoms with Crippen molar-refractivity contribution in [2.45, 2.75) is 27.2 Å². The molecule has 0 spiro atoms. The standard InChI is InChI=1S/C24H25ClN2O2/c1-15-11-16(2)14-26(13-15)22-21(18-7-5-4-6-8-18)23(28)27(24(22)29)19-10-9-17(3)20(25)12-19/h4-10,12,15-16H,11,13-14H2,1-3H3. The van der Waals surface area contributed by atoms with E-state index in [0.717, 1.165) is 30.6 Å². The maximum absolute atomic E-state index is 13.6. The number of amides is 2. The molecule has 2 aromatic carbocycles. The summed E-state index contributed by atoms with van der Waals surface area (Å²) < 4.78 is 0. The Balaban J connectivity index is 1.83. The molecule has 2 aliphatic heterocycles. The van der Waals surface area contributed by atoms with Gasteiger partial charge in [0.2, 0.25) is 0 Å². The second kappa shape index (κ2) is 7.68. The summed E-state index contributed by atoms with van der Waals surface area (Å²) in [5.41, 5.74) is 3.18. The van der Waals surface area contributed by atoms with Crippen LogP contribution in [0.2, 0.25) is 5.02 Å². The lowest BCUT2D eigenvalue weighted by atomic mass is 9.91. The zero-order valence-electron chi connectivity index (χ0n) is 17.0. The molecule has 0 N–H and O–H groups in total. The van der Waals surface area contributed by atoms with E-state index < -0.39 is 0 Å². The maximum atomic E-state index is 13.6. The molecule has 0 bridgehead atoms. The van der Waals surface area contributed by atoms with Gasteiger partial charge in [-0.15, -0.1) is 0 Å². The van der Waals surface area contributed by atoms with Gasteiger partial charge in [-0.25, -0.2) is 4.90 Å². The van der Waals surface area contributed by atoms with Gasteiger partial charge >= 0.3 is 0 Å². The second-order valence-corrected chi connectivity index (χ2v) is 8.73. The molecule has 0 aliphatic carbocycles. The summed E-state index contributed by atoms with van der Waals surface area (Å²) in [4.78, 5) is 30.5. The third-order valence-electron chi connectivity index (χ3n) is 5.72. The van der Waals surface area contributed by atoms with Crippen LogP contribution >= 0.6 is 11.6 Å². The number of likely N-dealkylation sites (tertiary alicyclic amines) is 1. The van der Waals surface area contributed by atoms with Crippen LogP contribution < -0.4 is 4.90 Å². The highest BCUT2D eigenvalue weighted by Gasteiger charge is 2.43. The number of benzene rings is 2. The van der Waals surface area contributed by atoms with Gasteiger partial charge in [0.1, 0.15) is 5.70 Å². The first-order chi connectivity index (χ1) is 13.9. The van der Waals surface area contributed by atoms with Crippen molar-refractivity contribution in [2.24, 2.45) is 11.8 Å². The predicted octanol–water partition coefficient (Wildman–Crippen LogP) is 4.91. The van der Waals surface area contributed by atoms with Crippen LogP contribution in [0, 0.1) is 18.8 Å². The summed E-state index contributed by atoms with van der Waals surface area (Å²) >= 11 is 6.29. The first-order valence-corrected chi connectivity index (χ1v) is 10.4. The molecule has 0 radical (unpaired) electrons. The van der Waals surface area contributed by atoms with Crippen molar-refractivity contribution in [1.29, 1.82) is 0 Å². The smallest absolute Gasteiger partial charge is 0.282 e. The van der Waals surface area contributed by atoms with E-state index in [9.17, 15) is 9.59 Å². The van der Waals surface area contributed by atoms with Gasteiger partial charge in [0.25, 0.3) is 11.8 Å². The molecular weight excluding hydrogens is 384 g/mol. The first-order valence-electron chi connectivity index (χ1n) is 10.1. The molecule has 4 nitrogen and oxygen atoms in total. The number of anilines is 1. The fourth-order valence-corrected chi connectivity index (χ4v) is 4.65. The van der Waals surface area contributed by atoms with Gasteiger partial charge in [-0.3, -0.25) is 9.59 Å². The molecular formula is C24H25ClN2O2. The third kappa shape index (κ3) is 3.58. The Labute approximate surface area is 176 Å². The Kier molecular flexibility index (Phi) is 5.22. The molecule has 2 unspecified atom stereocenters.